The van der Waals surface area contributed by atoms with E-state index in [0.29, 0.717) is 0 Å². The summed E-state index contributed by atoms with van der Waals surface area (Å²) < 4.78 is 40.0. The Morgan fingerprint density at radius 2 is 1.86 bits per heavy atom. The van der Waals surface area contributed by atoms with Gasteiger partial charge in [0.05, 0.1) is 0 Å². The Labute approximate surface area is 116 Å². The zero-order valence-electron chi connectivity index (χ0n) is 10.4. The molecule has 5 nitrogen and oxygen atoms in total. The fourth-order valence-electron chi connectivity index (χ4n) is 1.55. The topological polar surface area (TPSA) is 71.2 Å². The summed E-state index contributed by atoms with van der Waals surface area (Å²) in [5.74, 6) is -1.11. The van der Waals surface area contributed by atoms with Crippen molar-refractivity contribution in [2.45, 2.75) is 6.36 Å². The maximum Gasteiger partial charge on any atom is 0.573 e. The minimum Gasteiger partial charge on any atom is -0.406 e. The van der Waals surface area contributed by atoms with Crippen LogP contribution in [0.2, 0.25) is 0 Å². The summed E-state index contributed by atoms with van der Waals surface area (Å²) in [5.41, 5.74) is -0.368. The third-order valence-electron chi connectivity index (χ3n) is 2.34. The number of ether oxygens (including phenoxy) is 1. The van der Waals surface area contributed by atoms with Gasteiger partial charge in [0, 0.05) is 17.8 Å². The van der Waals surface area contributed by atoms with Crippen LogP contribution in [0.5, 0.6) is 5.75 Å². The van der Waals surface area contributed by atoms with Gasteiger partial charge in [0.25, 0.3) is 5.91 Å². The quantitative estimate of drug-likeness (QED) is 0.914. The van der Waals surface area contributed by atoms with Gasteiger partial charge in [-0.05, 0) is 18.2 Å². The van der Waals surface area contributed by atoms with Crippen LogP contribution >= 0.6 is 0 Å². The van der Waals surface area contributed by atoms with E-state index in [0.717, 1.165) is 12.1 Å². The lowest BCUT2D eigenvalue weighted by Crippen LogP contribution is -2.19. The molecule has 1 aromatic heterocycles. The first-order chi connectivity index (χ1) is 9.83. The molecule has 0 bridgehead atoms. The molecule has 0 aliphatic rings. The smallest absolute Gasteiger partial charge is 0.406 e. The second-order valence-corrected chi connectivity index (χ2v) is 3.96. The number of pyridine rings is 1. The van der Waals surface area contributed by atoms with Crippen LogP contribution < -0.4 is 15.6 Å². The van der Waals surface area contributed by atoms with Gasteiger partial charge in [0.1, 0.15) is 11.4 Å². The highest BCUT2D eigenvalue weighted by atomic mass is 19.4. The van der Waals surface area contributed by atoms with E-state index in [4.69, 9.17) is 0 Å². The monoisotopic (exact) mass is 298 g/mol. The number of aromatic nitrogens is 1. The standard InChI is InChI=1S/C13H9F3N2O3/c14-13(15,16)21-9-4-1-3-8(7-9)17-12(20)10-5-2-6-11(19)18-10/h1-7H,(H,17,20)(H,18,19). The fourth-order valence-corrected chi connectivity index (χ4v) is 1.55. The number of halogens is 3. The minimum absolute atomic E-state index is 0.00959. The van der Waals surface area contributed by atoms with E-state index in [-0.39, 0.29) is 11.4 Å². The molecule has 0 fully saturated rings. The molecule has 0 aliphatic heterocycles. The molecule has 0 saturated carbocycles. The van der Waals surface area contributed by atoms with Crippen LogP contribution in [0, 0.1) is 0 Å². The van der Waals surface area contributed by atoms with Crippen LogP contribution in [0.15, 0.2) is 47.3 Å². The summed E-state index contributed by atoms with van der Waals surface area (Å²) in [6, 6.07) is 8.80. The Morgan fingerprint density at radius 1 is 1.14 bits per heavy atom. The van der Waals surface area contributed by atoms with E-state index in [1.54, 1.807) is 0 Å². The first kappa shape index (κ1) is 14.6. The Bertz CT molecular complexity index is 710. The van der Waals surface area contributed by atoms with Crippen LogP contribution in [0.4, 0.5) is 18.9 Å². The maximum absolute atomic E-state index is 12.1. The number of alkyl halides is 3. The molecule has 0 atom stereocenters. The van der Waals surface area contributed by atoms with Gasteiger partial charge in [0.2, 0.25) is 5.56 Å². The van der Waals surface area contributed by atoms with E-state index >= 15 is 0 Å². The summed E-state index contributed by atoms with van der Waals surface area (Å²) in [4.78, 5) is 25.2. The van der Waals surface area contributed by atoms with Crippen LogP contribution in [0.1, 0.15) is 10.5 Å². The second-order valence-electron chi connectivity index (χ2n) is 3.96. The molecule has 1 amide bonds. The minimum atomic E-state index is -4.81. The Morgan fingerprint density at radius 3 is 2.52 bits per heavy atom. The van der Waals surface area contributed by atoms with Crippen molar-refractivity contribution in [3.8, 4) is 5.75 Å². The van der Waals surface area contributed by atoms with E-state index in [1.807, 2.05) is 0 Å². The Hall–Kier alpha value is -2.77. The van der Waals surface area contributed by atoms with Crippen molar-refractivity contribution in [3.05, 3.63) is 58.5 Å². The highest BCUT2D eigenvalue weighted by Crippen LogP contribution is 2.25. The second kappa shape index (κ2) is 5.70. The van der Waals surface area contributed by atoms with Crippen molar-refractivity contribution >= 4 is 11.6 Å². The lowest BCUT2D eigenvalue weighted by molar-refractivity contribution is -0.274. The van der Waals surface area contributed by atoms with Gasteiger partial charge in [-0.1, -0.05) is 12.1 Å². The summed E-state index contributed by atoms with van der Waals surface area (Å²) in [6.07, 6.45) is -4.81. The zero-order chi connectivity index (χ0) is 15.5. The summed E-state index contributed by atoms with van der Waals surface area (Å²) in [6.45, 7) is 0. The molecule has 1 heterocycles. The predicted molar refractivity (Wildman–Crippen MR) is 68.1 cm³/mol. The zero-order valence-corrected chi connectivity index (χ0v) is 10.4. The molecule has 0 saturated heterocycles. The average molecular weight is 298 g/mol. The molecule has 21 heavy (non-hydrogen) atoms. The molecule has 1 aromatic carbocycles. The predicted octanol–water partition coefficient (Wildman–Crippen LogP) is 2.53. The van der Waals surface area contributed by atoms with Gasteiger partial charge in [0.15, 0.2) is 0 Å². The number of anilines is 1. The van der Waals surface area contributed by atoms with Gasteiger partial charge >= 0.3 is 6.36 Å². The van der Waals surface area contributed by atoms with Crippen molar-refractivity contribution < 1.29 is 22.7 Å². The normalized spacial score (nSPS) is 11.0. The van der Waals surface area contributed by atoms with Gasteiger partial charge in [-0.2, -0.15) is 0 Å². The molecule has 0 unspecified atom stereocenters. The number of benzene rings is 1. The van der Waals surface area contributed by atoms with Gasteiger partial charge in [-0.3, -0.25) is 9.59 Å². The number of amides is 1. The lowest BCUT2D eigenvalue weighted by atomic mass is 10.2. The number of nitrogens with one attached hydrogen (secondary N) is 2. The van der Waals surface area contributed by atoms with Crippen molar-refractivity contribution in [3.63, 3.8) is 0 Å². The summed E-state index contributed by atoms with van der Waals surface area (Å²) >= 11 is 0. The molecule has 8 heteroatoms. The van der Waals surface area contributed by atoms with E-state index < -0.39 is 23.6 Å². The van der Waals surface area contributed by atoms with E-state index in [9.17, 15) is 22.8 Å². The molecule has 2 rings (SSSR count). The van der Waals surface area contributed by atoms with Gasteiger partial charge in [-0.25, -0.2) is 0 Å². The van der Waals surface area contributed by atoms with Crippen LogP contribution in [-0.2, 0) is 0 Å². The largest absolute Gasteiger partial charge is 0.573 e. The molecule has 110 valence electrons. The molecule has 0 aliphatic carbocycles. The van der Waals surface area contributed by atoms with Gasteiger partial charge < -0.3 is 15.0 Å². The molecule has 2 aromatic rings. The van der Waals surface area contributed by atoms with Crippen LogP contribution in [0.3, 0.4) is 0 Å². The number of hydrogen-bond donors (Lipinski definition) is 2. The van der Waals surface area contributed by atoms with Crippen molar-refractivity contribution in [1.29, 1.82) is 0 Å². The Balaban J connectivity index is 2.14. The first-order valence-corrected chi connectivity index (χ1v) is 5.70. The van der Waals surface area contributed by atoms with Crippen molar-refractivity contribution in [1.82, 2.24) is 4.98 Å². The number of carbonyl (C=O) groups is 1. The van der Waals surface area contributed by atoms with Gasteiger partial charge in [-0.15, -0.1) is 13.2 Å². The molecular formula is C13H9F3N2O3. The summed E-state index contributed by atoms with van der Waals surface area (Å²) in [7, 11) is 0. The Kier molecular flexibility index (Phi) is 3.97. The third-order valence-corrected chi connectivity index (χ3v) is 2.34. The fraction of sp³-hybridized carbons (Fsp3) is 0.0769. The number of hydrogen-bond acceptors (Lipinski definition) is 3. The third kappa shape index (κ3) is 4.37. The average Bonchev–Trinajstić information content (AvgIpc) is 2.37. The number of rotatable bonds is 3. The number of aromatic amines is 1. The van der Waals surface area contributed by atoms with Crippen LogP contribution in [0.25, 0.3) is 0 Å². The van der Waals surface area contributed by atoms with E-state index in [1.165, 1.54) is 30.3 Å². The first-order valence-electron chi connectivity index (χ1n) is 5.70. The van der Waals surface area contributed by atoms with Crippen LogP contribution in [-0.4, -0.2) is 17.3 Å². The SMILES string of the molecule is O=C(Nc1cccc(OC(F)(F)F)c1)c1cccc(=O)[nH]1. The van der Waals surface area contributed by atoms with E-state index in [2.05, 4.69) is 15.0 Å². The molecule has 0 radical (unpaired) electrons. The molecule has 2 N–H and O–H groups in total. The number of H-pyrrole nitrogens is 1. The van der Waals surface area contributed by atoms with Crippen molar-refractivity contribution in [2.24, 2.45) is 0 Å². The highest BCUT2D eigenvalue weighted by Gasteiger charge is 2.31. The maximum atomic E-state index is 12.1. The highest BCUT2D eigenvalue weighted by molar-refractivity contribution is 6.02. The molecular weight excluding hydrogens is 289 g/mol. The van der Waals surface area contributed by atoms with Crippen molar-refractivity contribution in [2.75, 3.05) is 5.32 Å². The summed E-state index contributed by atoms with van der Waals surface area (Å²) in [5, 5.41) is 2.36. The molecule has 0 spiro atoms. The lowest BCUT2D eigenvalue weighted by Gasteiger charge is -2.10. The number of carbonyl (C=O) groups excluding carboxylic acids is 1.